The van der Waals surface area contributed by atoms with Gasteiger partial charge in [0.25, 0.3) is 0 Å². The standard InChI is InChI=1S/C17H29FN2O/c1-5-19(6-2)12-9-13-20(7-3)17-15(14(4)21)10-8-11-16(17)18/h8,10-11,14,21H,5-7,9,12-13H2,1-4H3. The van der Waals surface area contributed by atoms with Crippen molar-refractivity contribution in [3.63, 3.8) is 0 Å². The fourth-order valence-corrected chi connectivity index (χ4v) is 2.66. The predicted octanol–water partition coefficient (Wildman–Crippen LogP) is 3.44. The Morgan fingerprint density at radius 2 is 1.76 bits per heavy atom. The molecule has 4 heteroatoms. The first-order chi connectivity index (χ1) is 10.0. The number of anilines is 1. The summed E-state index contributed by atoms with van der Waals surface area (Å²) in [4.78, 5) is 4.39. The summed E-state index contributed by atoms with van der Waals surface area (Å²) < 4.78 is 14.2. The van der Waals surface area contributed by atoms with Crippen LogP contribution in [0, 0.1) is 5.82 Å². The summed E-state index contributed by atoms with van der Waals surface area (Å²) in [6.45, 7) is 12.7. The lowest BCUT2D eigenvalue weighted by Gasteiger charge is -2.28. The highest BCUT2D eigenvalue weighted by Crippen LogP contribution is 2.29. The average molecular weight is 296 g/mol. The summed E-state index contributed by atoms with van der Waals surface area (Å²) >= 11 is 0. The van der Waals surface area contributed by atoms with Gasteiger partial charge in [0.2, 0.25) is 0 Å². The molecule has 0 aliphatic rings. The monoisotopic (exact) mass is 296 g/mol. The van der Waals surface area contributed by atoms with Crippen molar-refractivity contribution in [3.8, 4) is 0 Å². The molecule has 1 aromatic rings. The lowest BCUT2D eigenvalue weighted by molar-refractivity contribution is 0.199. The van der Waals surface area contributed by atoms with Crippen LogP contribution >= 0.6 is 0 Å². The Morgan fingerprint density at radius 3 is 2.29 bits per heavy atom. The average Bonchev–Trinajstić information content (AvgIpc) is 2.48. The topological polar surface area (TPSA) is 26.7 Å². The first kappa shape index (κ1) is 17.9. The van der Waals surface area contributed by atoms with Crippen molar-refractivity contribution in [3.05, 3.63) is 29.6 Å². The summed E-state index contributed by atoms with van der Waals surface area (Å²) in [5, 5.41) is 9.86. The van der Waals surface area contributed by atoms with E-state index in [0.29, 0.717) is 11.3 Å². The van der Waals surface area contributed by atoms with E-state index in [1.54, 1.807) is 19.1 Å². The minimum absolute atomic E-state index is 0.252. The first-order valence-corrected chi connectivity index (χ1v) is 7.98. The Kier molecular flexibility index (Phi) is 7.68. The van der Waals surface area contributed by atoms with E-state index in [1.165, 1.54) is 6.07 Å². The van der Waals surface area contributed by atoms with Crippen LogP contribution < -0.4 is 4.90 Å². The normalized spacial score (nSPS) is 12.7. The van der Waals surface area contributed by atoms with E-state index in [4.69, 9.17) is 0 Å². The number of nitrogens with zero attached hydrogens (tertiary/aromatic N) is 2. The third-order valence-electron chi connectivity index (χ3n) is 3.96. The van der Waals surface area contributed by atoms with Crippen LogP contribution in [-0.4, -0.2) is 42.7 Å². The van der Waals surface area contributed by atoms with Crippen molar-refractivity contribution in [1.29, 1.82) is 0 Å². The Morgan fingerprint density at radius 1 is 1.10 bits per heavy atom. The molecule has 1 atom stereocenters. The van der Waals surface area contributed by atoms with Gasteiger partial charge in [-0.1, -0.05) is 26.0 Å². The molecule has 0 saturated heterocycles. The molecule has 0 amide bonds. The molecule has 0 bridgehead atoms. The highest BCUT2D eigenvalue weighted by atomic mass is 19.1. The molecule has 3 nitrogen and oxygen atoms in total. The molecule has 0 saturated carbocycles. The molecule has 1 rings (SSSR count). The van der Waals surface area contributed by atoms with Gasteiger partial charge in [0, 0.05) is 18.7 Å². The van der Waals surface area contributed by atoms with E-state index in [-0.39, 0.29) is 5.82 Å². The number of benzene rings is 1. The van der Waals surface area contributed by atoms with E-state index in [0.717, 1.165) is 39.1 Å². The molecule has 120 valence electrons. The SMILES string of the molecule is CCN(CC)CCCN(CC)c1c(F)cccc1C(C)O. The highest BCUT2D eigenvalue weighted by molar-refractivity contribution is 5.55. The third-order valence-corrected chi connectivity index (χ3v) is 3.96. The quantitative estimate of drug-likeness (QED) is 0.756. The number of aliphatic hydroxyl groups excluding tert-OH is 1. The largest absolute Gasteiger partial charge is 0.389 e. The van der Waals surface area contributed by atoms with Crippen LogP contribution in [0.4, 0.5) is 10.1 Å². The summed E-state index contributed by atoms with van der Waals surface area (Å²) in [7, 11) is 0. The molecular weight excluding hydrogens is 267 g/mol. The molecule has 0 aromatic heterocycles. The van der Waals surface area contributed by atoms with Crippen LogP contribution in [0.25, 0.3) is 0 Å². The predicted molar refractivity (Wildman–Crippen MR) is 87.3 cm³/mol. The van der Waals surface area contributed by atoms with Gasteiger partial charge in [-0.3, -0.25) is 0 Å². The fraction of sp³-hybridized carbons (Fsp3) is 0.647. The number of hydrogen-bond acceptors (Lipinski definition) is 3. The molecule has 1 N–H and O–H groups in total. The summed E-state index contributed by atoms with van der Waals surface area (Å²) in [5.74, 6) is -0.252. The maximum absolute atomic E-state index is 14.2. The van der Waals surface area contributed by atoms with Crippen molar-refractivity contribution in [2.75, 3.05) is 37.6 Å². The van der Waals surface area contributed by atoms with E-state index in [9.17, 15) is 9.50 Å². The van der Waals surface area contributed by atoms with Crippen LogP contribution in [0.2, 0.25) is 0 Å². The van der Waals surface area contributed by atoms with Gasteiger partial charge in [0.15, 0.2) is 0 Å². The Bertz CT molecular complexity index is 419. The molecule has 1 aromatic carbocycles. The molecule has 0 heterocycles. The van der Waals surface area contributed by atoms with Gasteiger partial charge in [0.1, 0.15) is 5.82 Å². The molecule has 0 radical (unpaired) electrons. The second kappa shape index (κ2) is 9.00. The Labute approximate surface area is 128 Å². The first-order valence-electron chi connectivity index (χ1n) is 7.98. The fourth-order valence-electron chi connectivity index (χ4n) is 2.66. The van der Waals surface area contributed by atoms with Gasteiger partial charge in [-0.25, -0.2) is 4.39 Å². The number of rotatable bonds is 9. The van der Waals surface area contributed by atoms with Crippen molar-refractivity contribution in [2.24, 2.45) is 0 Å². The molecule has 0 aliphatic carbocycles. The third kappa shape index (κ3) is 4.97. The Balaban J connectivity index is 2.81. The zero-order chi connectivity index (χ0) is 15.8. The summed E-state index contributed by atoms with van der Waals surface area (Å²) in [5.41, 5.74) is 1.22. The van der Waals surface area contributed by atoms with Crippen LogP contribution in [0.5, 0.6) is 0 Å². The smallest absolute Gasteiger partial charge is 0.146 e. The highest BCUT2D eigenvalue weighted by Gasteiger charge is 2.17. The summed E-state index contributed by atoms with van der Waals surface area (Å²) in [6.07, 6.45) is 0.329. The van der Waals surface area contributed by atoms with Crippen LogP contribution in [0.3, 0.4) is 0 Å². The van der Waals surface area contributed by atoms with Gasteiger partial charge >= 0.3 is 0 Å². The summed E-state index contributed by atoms with van der Waals surface area (Å²) in [6, 6.07) is 4.93. The minimum Gasteiger partial charge on any atom is -0.389 e. The van der Waals surface area contributed by atoms with Gasteiger partial charge in [0.05, 0.1) is 11.8 Å². The molecule has 1 unspecified atom stereocenters. The van der Waals surface area contributed by atoms with Crippen LogP contribution in [-0.2, 0) is 0 Å². The maximum atomic E-state index is 14.2. The molecule has 0 spiro atoms. The molecule has 21 heavy (non-hydrogen) atoms. The Hall–Kier alpha value is -1.13. The molecule has 0 aliphatic heterocycles. The number of para-hydroxylation sites is 1. The van der Waals surface area contributed by atoms with E-state index in [2.05, 4.69) is 18.7 Å². The van der Waals surface area contributed by atoms with E-state index in [1.807, 2.05) is 11.8 Å². The van der Waals surface area contributed by atoms with Crippen LogP contribution in [0.1, 0.15) is 45.8 Å². The van der Waals surface area contributed by atoms with E-state index < -0.39 is 6.10 Å². The minimum atomic E-state index is -0.660. The lowest BCUT2D eigenvalue weighted by Crippen LogP contribution is -2.31. The maximum Gasteiger partial charge on any atom is 0.146 e. The van der Waals surface area contributed by atoms with Gasteiger partial charge in [-0.2, -0.15) is 0 Å². The molecule has 0 fully saturated rings. The second-order valence-electron chi connectivity index (χ2n) is 5.31. The zero-order valence-electron chi connectivity index (χ0n) is 13.8. The van der Waals surface area contributed by atoms with Crippen molar-refractivity contribution in [2.45, 2.75) is 40.2 Å². The van der Waals surface area contributed by atoms with Crippen LogP contribution in [0.15, 0.2) is 18.2 Å². The van der Waals surface area contributed by atoms with Crippen molar-refractivity contribution < 1.29 is 9.50 Å². The second-order valence-corrected chi connectivity index (χ2v) is 5.31. The van der Waals surface area contributed by atoms with Gasteiger partial charge in [-0.15, -0.1) is 0 Å². The lowest BCUT2D eigenvalue weighted by atomic mass is 10.1. The van der Waals surface area contributed by atoms with E-state index >= 15 is 0 Å². The zero-order valence-corrected chi connectivity index (χ0v) is 13.8. The van der Waals surface area contributed by atoms with Gasteiger partial charge < -0.3 is 14.9 Å². The number of aliphatic hydroxyl groups is 1. The van der Waals surface area contributed by atoms with Gasteiger partial charge in [-0.05, 0) is 46.0 Å². The van der Waals surface area contributed by atoms with Crippen molar-refractivity contribution in [1.82, 2.24) is 4.90 Å². The number of hydrogen-bond donors (Lipinski definition) is 1. The number of halogens is 1. The molecular formula is C17H29FN2O. The van der Waals surface area contributed by atoms with Crippen molar-refractivity contribution >= 4 is 5.69 Å².